The Bertz CT molecular complexity index is 505. The van der Waals surface area contributed by atoms with E-state index in [1.807, 2.05) is 25.1 Å². The first-order valence-corrected chi connectivity index (χ1v) is 7.86. The van der Waals surface area contributed by atoms with Crippen LogP contribution >= 0.6 is 12.4 Å². The minimum Gasteiger partial charge on any atom is -0.493 e. The second kappa shape index (κ2) is 9.63. The van der Waals surface area contributed by atoms with Gasteiger partial charge in [-0.25, -0.2) is 0 Å². The first-order chi connectivity index (χ1) is 10.6. The van der Waals surface area contributed by atoms with Crippen molar-refractivity contribution in [3.05, 3.63) is 23.8 Å². The quantitative estimate of drug-likeness (QED) is 0.832. The van der Waals surface area contributed by atoms with Gasteiger partial charge in [-0.05, 0) is 50.4 Å². The maximum Gasteiger partial charge on any atom is 0.224 e. The van der Waals surface area contributed by atoms with Gasteiger partial charge in [-0.15, -0.1) is 12.4 Å². The third-order valence-electron chi connectivity index (χ3n) is 4.05. The SMILES string of the molecule is COc1ccc(CC(C)NC(=O)C2CCCNC2)cc1OC.Cl. The number of carbonyl (C=O) groups is 1. The topological polar surface area (TPSA) is 59.6 Å². The number of carbonyl (C=O) groups excluding carboxylic acids is 1. The van der Waals surface area contributed by atoms with Gasteiger partial charge in [0.15, 0.2) is 11.5 Å². The van der Waals surface area contributed by atoms with Gasteiger partial charge >= 0.3 is 0 Å². The highest BCUT2D eigenvalue weighted by Gasteiger charge is 2.22. The second-order valence-electron chi connectivity index (χ2n) is 5.85. The first kappa shape index (κ1) is 19.6. The van der Waals surface area contributed by atoms with Crippen LogP contribution in [0.15, 0.2) is 18.2 Å². The van der Waals surface area contributed by atoms with E-state index in [1.165, 1.54) is 0 Å². The fourth-order valence-corrected chi connectivity index (χ4v) is 2.85. The van der Waals surface area contributed by atoms with Gasteiger partial charge < -0.3 is 20.1 Å². The van der Waals surface area contributed by atoms with E-state index in [9.17, 15) is 4.79 Å². The first-order valence-electron chi connectivity index (χ1n) is 7.86. The largest absolute Gasteiger partial charge is 0.493 e. The molecule has 1 aliphatic heterocycles. The molecule has 130 valence electrons. The summed E-state index contributed by atoms with van der Waals surface area (Å²) in [6.45, 7) is 3.84. The van der Waals surface area contributed by atoms with Crippen molar-refractivity contribution in [1.29, 1.82) is 0 Å². The van der Waals surface area contributed by atoms with E-state index in [2.05, 4.69) is 10.6 Å². The van der Waals surface area contributed by atoms with Gasteiger partial charge in [0.1, 0.15) is 0 Å². The lowest BCUT2D eigenvalue weighted by molar-refractivity contribution is -0.126. The lowest BCUT2D eigenvalue weighted by Crippen LogP contribution is -2.44. The number of hydrogen-bond donors (Lipinski definition) is 2. The molecule has 1 amide bonds. The Hall–Kier alpha value is -1.46. The number of nitrogens with one attached hydrogen (secondary N) is 2. The zero-order valence-corrected chi connectivity index (χ0v) is 14.9. The van der Waals surface area contributed by atoms with E-state index >= 15 is 0 Å². The van der Waals surface area contributed by atoms with E-state index in [-0.39, 0.29) is 30.3 Å². The second-order valence-corrected chi connectivity index (χ2v) is 5.85. The Morgan fingerprint density at radius 3 is 2.70 bits per heavy atom. The highest BCUT2D eigenvalue weighted by Crippen LogP contribution is 2.28. The van der Waals surface area contributed by atoms with Crippen LogP contribution in [0, 0.1) is 5.92 Å². The fourth-order valence-electron chi connectivity index (χ4n) is 2.85. The van der Waals surface area contributed by atoms with Crippen molar-refractivity contribution in [2.45, 2.75) is 32.2 Å². The predicted molar refractivity (Wildman–Crippen MR) is 93.7 cm³/mol. The van der Waals surface area contributed by atoms with Crippen LogP contribution in [0.4, 0.5) is 0 Å². The van der Waals surface area contributed by atoms with Crippen LogP contribution < -0.4 is 20.1 Å². The van der Waals surface area contributed by atoms with Crippen molar-refractivity contribution < 1.29 is 14.3 Å². The third-order valence-corrected chi connectivity index (χ3v) is 4.05. The number of benzene rings is 1. The van der Waals surface area contributed by atoms with Crippen LogP contribution in [0.5, 0.6) is 11.5 Å². The van der Waals surface area contributed by atoms with Crippen LogP contribution in [0.3, 0.4) is 0 Å². The summed E-state index contributed by atoms with van der Waals surface area (Å²) in [4.78, 5) is 12.2. The summed E-state index contributed by atoms with van der Waals surface area (Å²) < 4.78 is 10.6. The minimum absolute atomic E-state index is 0. The zero-order valence-electron chi connectivity index (χ0n) is 14.1. The number of ether oxygens (including phenoxy) is 2. The lowest BCUT2D eigenvalue weighted by Gasteiger charge is -2.24. The van der Waals surface area contributed by atoms with E-state index in [1.54, 1.807) is 14.2 Å². The van der Waals surface area contributed by atoms with Gasteiger partial charge in [-0.3, -0.25) is 4.79 Å². The van der Waals surface area contributed by atoms with Gasteiger partial charge in [0.2, 0.25) is 5.91 Å². The van der Waals surface area contributed by atoms with E-state index in [4.69, 9.17) is 9.47 Å². The van der Waals surface area contributed by atoms with Gasteiger partial charge in [0, 0.05) is 12.6 Å². The molecule has 6 heteroatoms. The molecule has 5 nitrogen and oxygen atoms in total. The van der Waals surface area contributed by atoms with E-state index < -0.39 is 0 Å². The summed E-state index contributed by atoms with van der Waals surface area (Å²) in [7, 11) is 3.25. The summed E-state index contributed by atoms with van der Waals surface area (Å²) in [5.74, 6) is 1.69. The van der Waals surface area contributed by atoms with Gasteiger partial charge in [-0.2, -0.15) is 0 Å². The molecule has 1 aromatic rings. The number of rotatable bonds is 6. The third kappa shape index (κ3) is 5.59. The van der Waals surface area contributed by atoms with Crippen molar-refractivity contribution >= 4 is 18.3 Å². The monoisotopic (exact) mass is 342 g/mol. The highest BCUT2D eigenvalue weighted by molar-refractivity contribution is 5.85. The average Bonchev–Trinajstić information content (AvgIpc) is 2.55. The van der Waals surface area contributed by atoms with E-state index in [0.29, 0.717) is 0 Å². The summed E-state index contributed by atoms with van der Waals surface area (Å²) >= 11 is 0. The number of amides is 1. The van der Waals surface area contributed by atoms with Crippen molar-refractivity contribution in [2.75, 3.05) is 27.3 Å². The van der Waals surface area contributed by atoms with Crippen molar-refractivity contribution in [2.24, 2.45) is 5.92 Å². The molecule has 2 N–H and O–H groups in total. The number of piperidine rings is 1. The molecule has 2 unspecified atom stereocenters. The molecule has 0 bridgehead atoms. The molecule has 1 saturated heterocycles. The maximum atomic E-state index is 12.2. The van der Waals surface area contributed by atoms with Crippen molar-refractivity contribution in [3.63, 3.8) is 0 Å². The summed E-state index contributed by atoms with van der Waals surface area (Å²) in [6, 6.07) is 5.95. The number of halogens is 1. The molecule has 23 heavy (non-hydrogen) atoms. The standard InChI is InChI=1S/C17H26N2O3.ClH/c1-12(19-17(20)14-5-4-8-18-11-14)9-13-6-7-15(21-2)16(10-13)22-3;/h6-7,10,12,14,18H,4-5,8-9,11H2,1-3H3,(H,19,20);1H. The smallest absolute Gasteiger partial charge is 0.224 e. The van der Waals surface area contributed by atoms with Crippen molar-refractivity contribution in [1.82, 2.24) is 10.6 Å². The molecule has 2 atom stereocenters. The summed E-state index contributed by atoms with van der Waals surface area (Å²) in [6.07, 6.45) is 2.82. The van der Waals surface area contributed by atoms with Gasteiger partial charge in [-0.1, -0.05) is 6.07 Å². The van der Waals surface area contributed by atoms with Crippen molar-refractivity contribution in [3.8, 4) is 11.5 Å². The van der Waals surface area contributed by atoms with Crippen LogP contribution in [-0.2, 0) is 11.2 Å². The molecule has 1 aromatic carbocycles. The Kier molecular flexibility index (Phi) is 8.20. The highest BCUT2D eigenvalue weighted by atomic mass is 35.5. The predicted octanol–water partition coefficient (Wildman–Crippen LogP) is 2.17. The molecule has 1 fully saturated rings. The van der Waals surface area contributed by atoms with Crippen LogP contribution in [-0.4, -0.2) is 39.3 Å². The van der Waals surface area contributed by atoms with Gasteiger partial charge in [0.25, 0.3) is 0 Å². The summed E-state index contributed by atoms with van der Waals surface area (Å²) in [5, 5.41) is 6.39. The van der Waals surface area contributed by atoms with Gasteiger partial charge in [0.05, 0.1) is 20.1 Å². The molecule has 0 spiro atoms. The van der Waals surface area contributed by atoms with E-state index in [0.717, 1.165) is 49.4 Å². The molecule has 0 aliphatic carbocycles. The molecule has 1 heterocycles. The molecule has 0 radical (unpaired) electrons. The average molecular weight is 343 g/mol. The summed E-state index contributed by atoms with van der Waals surface area (Å²) in [5.41, 5.74) is 1.12. The maximum absolute atomic E-state index is 12.2. The number of hydrogen-bond acceptors (Lipinski definition) is 4. The Morgan fingerprint density at radius 2 is 2.09 bits per heavy atom. The molecule has 0 aromatic heterocycles. The lowest BCUT2D eigenvalue weighted by atomic mass is 9.98. The Morgan fingerprint density at radius 1 is 1.35 bits per heavy atom. The number of methoxy groups -OCH3 is 2. The van der Waals surface area contributed by atoms with Crippen LogP contribution in [0.1, 0.15) is 25.3 Å². The molecular formula is C17H27ClN2O3. The molecule has 1 aliphatic rings. The Balaban J connectivity index is 0.00000264. The molecular weight excluding hydrogens is 316 g/mol. The minimum atomic E-state index is 0. The van der Waals surface area contributed by atoms with Crippen LogP contribution in [0.25, 0.3) is 0 Å². The molecule has 2 rings (SSSR count). The normalized spacial score (nSPS) is 18.5. The zero-order chi connectivity index (χ0) is 15.9. The Labute approximate surface area is 144 Å². The van der Waals surface area contributed by atoms with Crippen LogP contribution in [0.2, 0.25) is 0 Å². The fraction of sp³-hybridized carbons (Fsp3) is 0.588. The molecule has 0 saturated carbocycles.